The molecule has 2 heterocycles. The van der Waals surface area contributed by atoms with Crippen LogP contribution in [0.5, 0.6) is 0 Å². The highest BCUT2D eigenvalue weighted by molar-refractivity contribution is 7.80. The second kappa shape index (κ2) is 11.8. The fraction of sp³-hybridized carbons (Fsp3) is 0.464. The second-order valence-electron chi connectivity index (χ2n) is 9.96. The van der Waals surface area contributed by atoms with Crippen molar-refractivity contribution in [1.29, 1.82) is 0 Å². The van der Waals surface area contributed by atoms with Gasteiger partial charge in [0.25, 0.3) is 5.91 Å². The van der Waals surface area contributed by atoms with Crippen LogP contribution in [0.2, 0.25) is 0 Å². The number of aryl methyl sites for hydroxylation is 1. The Morgan fingerprint density at radius 3 is 2.28 bits per heavy atom. The molecule has 2 aliphatic rings. The molecule has 192 valence electrons. The molecule has 2 fully saturated rings. The van der Waals surface area contributed by atoms with Gasteiger partial charge in [-0.05, 0) is 100 Å². The third kappa shape index (κ3) is 6.40. The highest BCUT2D eigenvalue weighted by Crippen LogP contribution is 2.26. The highest BCUT2D eigenvalue weighted by atomic mass is 32.1. The van der Waals surface area contributed by atoms with Crippen molar-refractivity contribution in [2.75, 3.05) is 25.0 Å². The zero-order valence-electron chi connectivity index (χ0n) is 21.0. The molecule has 0 spiro atoms. The number of hydrogen-bond acceptors (Lipinski definition) is 3. The number of nitrogens with zero attached hydrogens (tertiary/aromatic N) is 2. The summed E-state index contributed by atoms with van der Waals surface area (Å²) in [6.45, 7) is 6.17. The van der Waals surface area contributed by atoms with Crippen LogP contribution in [0.3, 0.4) is 0 Å². The van der Waals surface area contributed by atoms with Crippen molar-refractivity contribution >= 4 is 34.8 Å². The molecule has 2 amide bonds. The molecule has 0 saturated carbocycles. The maximum atomic E-state index is 13.7. The molecule has 2 unspecified atom stereocenters. The van der Waals surface area contributed by atoms with Crippen LogP contribution < -0.4 is 10.6 Å². The number of halogens is 1. The van der Waals surface area contributed by atoms with Crippen LogP contribution in [0.15, 0.2) is 48.5 Å². The van der Waals surface area contributed by atoms with Gasteiger partial charge in [0.05, 0.1) is 0 Å². The number of piperidine rings is 2. The van der Waals surface area contributed by atoms with Crippen LogP contribution >= 0.6 is 12.2 Å². The first kappa shape index (κ1) is 26.1. The molecule has 2 atom stereocenters. The lowest BCUT2D eigenvalue weighted by Gasteiger charge is -2.41. The van der Waals surface area contributed by atoms with Gasteiger partial charge in [-0.3, -0.25) is 9.59 Å². The largest absolute Gasteiger partial charge is 0.349 e. The second-order valence-corrected chi connectivity index (χ2v) is 10.3. The lowest BCUT2D eigenvalue weighted by molar-refractivity contribution is -0.138. The number of amides is 2. The molecule has 0 radical (unpaired) electrons. The first-order valence-electron chi connectivity index (χ1n) is 12.8. The Labute approximate surface area is 218 Å². The number of likely N-dealkylation sites (tertiary alicyclic amines) is 2. The minimum atomic E-state index is -0.569. The molecule has 0 aliphatic carbocycles. The predicted octanol–water partition coefficient (Wildman–Crippen LogP) is 4.74. The summed E-state index contributed by atoms with van der Waals surface area (Å²) in [7, 11) is 0. The third-order valence-corrected chi connectivity index (χ3v) is 7.71. The quantitative estimate of drug-likeness (QED) is 0.569. The number of hydrogen-bond donors (Lipinski definition) is 2. The maximum absolute atomic E-state index is 13.7. The summed E-state index contributed by atoms with van der Waals surface area (Å²) >= 11 is 5.58. The average molecular weight is 511 g/mol. The summed E-state index contributed by atoms with van der Waals surface area (Å²) in [5, 5.41) is 6.84. The summed E-state index contributed by atoms with van der Waals surface area (Å²) in [6.07, 6.45) is 4.58. The Kier molecular flexibility index (Phi) is 8.56. The van der Waals surface area contributed by atoms with Gasteiger partial charge in [-0.2, -0.15) is 0 Å². The number of thiocarbonyl (C=S) groups is 1. The summed E-state index contributed by atoms with van der Waals surface area (Å²) in [5.41, 5.74) is 2.38. The van der Waals surface area contributed by atoms with Gasteiger partial charge in [0.1, 0.15) is 11.9 Å². The zero-order valence-corrected chi connectivity index (χ0v) is 21.8. The van der Waals surface area contributed by atoms with Crippen molar-refractivity contribution in [3.8, 4) is 0 Å². The van der Waals surface area contributed by atoms with Crippen molar-refractivity contribution in [2.45, 2.75) is 58.0 Å². The third-order valence-electron chi connectivity index (χ3n) is 7.35. The minimum Gasteiger partial charge on any atom is -0.349 e. The van der Waals surface area contributed by atoms with Gasteiger partial charge in [-0.25, -0.2) is 4.39 Å². The van der Waals surface area contributed by atoms with Gasteiger partial charge in [0.2, 0.25) is 5.91 Å². The smallest absolute Gasteiger partial charge is 0.251 e. The van der Waals surface area contributed by atoms with Crippen molar-refractivity contribution in [3.05, 3.63) is 65.5 Å². The van der Waals surface area contributed by atoms with Crippen LogP contribution in [0.25, 0.3) is 0 Å². The fourth-order valence-electron chi connectivity index (χ4n) is 5.09. The van der Waals surface area contributed by atoms with E-state index in [2.05, 4.69) is 22.5 Å². The average Bonchev–Trinajstić information content (AvgIpc) is 2.89. The molecule has 0 aromatic heterocycles. The summed E-state index contributed by atoms with van der Waals surface area (Å²) < 4.78 is 13.2. The number of nitrogens with one attached hydrogen (secondary N) is 2. The van der Waals surface area contributed by atoms with Gasteiger partial charge in [0.15, 0.2) is 5.11 Å². The van der Waals surface area contributed by atoms with Crippen LogP contribution in [-0.2, 0) is 4.79 Å². The fourth-order valence-corrected chi connectivity index (χ4v) is 5.39. The molecule has 2 aromatic rings. The number of carbonyl (C=O) groups is 2. The van der Waals surface area contributed by atoms with Gasteiger partial charge >= 0.3 is 0 Å². The topological polar surface area (TPSA) is 64.7 Å². The molecular formula is C28H35FN4O2S. The van der Waals surface area contributed by atoms with E-state index in [9.17, 15) is 14.0 Å². The lowest BCUT2D eigenvalue weighted by Crippen LogP contribution is -2.57. The molecule has 2 aliphatic heterocycles. The van der Waals surface area contributed by atoms with Gasteiger partial charge in [0, 0.05) is 36.9 Å². The van der Waals surface area contributed by atoms with E-state index in [-0.39, 0.29) is 29.6 Å². The van der Waals surface area contributed by atoms with E-state index in [1.165, 1.54) is 12.1 Å². The number of anilines is 1. The summed E-state index contributed by atoms with van der Waals surface area (Å²) in [5.74, 6) is -0.466. The molecule has 8 heteroatoms. The first-order valence-corrected chi connectivity index (χ1v) is 13.2. The predicted molar refractivity (Wildman–Crippen MR) is 144 cm³/mol. The Morgan fingerprint density at radius 1 is 0.972 bits per heavy atom. The number of carbonyl (C=O) groups excluding carboxylic acids is 2. The van der Waals surface area contributed by atoms with Gasteiger partial charge in [-0.1, -0.05) is 17.7 Å². The number of rotatable bonds is 5. The molecular weight excluding hydrogens is 475 g/mol. The Balaban J connectivity index is 1.44. The number of benzene rings is 2. The standard InChI is InChI=1S/C28H35FN4O2S/c1-19-6-8-22(9-7-19)26(34)31-25(27(35)33-16-4-3-5-20(33)2)21-14-17-32(18-15-21)28(36)30-24-12-10-23(29)11-13-24/h6-13,20-21,25H,3-5,14-18H2,1-2H3,(H,30,36)(H,31,34). The minimum absolute atomic E-state index is 0.0193. The van der Waals surface area contributed by atoms with E-state index >= 15 is 0 Å². The Bertz CT molecular complexity index is 1070. The van der Waals surface area contributed by atoms with E-state index in [0.29, 0.717) is 23.8 Å². The first-order chi connectivity index (χ1) is 17.3. The van der Waals surface area contributed by atoms with Crippen molar-refractivity contribution in [1.82, 2.24) is 15.1 Å². The molecule has 2 aromatic carbocycles. The molecule has 2 saturated heterocycles. The normalized spacial score (nSPS) is 19.5. The Hall–Kier alpha value is -3.00. The van der Waals surface area contributed by atoms with E-state index in [1.807, 2.05) is 24.0 Å². The molecule has 4 rings (SSSR count). The highest BCUT2D eigenvalue weighted by Gasteiger charge is 2.37. The van der Waals surface area contributed by atoms with Crippen LogP contribution in [0.4, 0.5) is 10.1 Å². The maximum Gasteiger partial charge on any atom is 0.251 e. The van der Waals surface area contributed by atoms with E-state index in [1.54, 1.807) is 24.3 Å². The Morgan fingerprint density at radius 2 is 1.64 bits per heavy atom. The van der Waals surface area contributed by atoms with E-state index in [4.69, 9.17) is 12.2 Å². The molecule has 6 nitrogen and oxygen atoms in total. The molecule has 2 N–H and O–H groups in total. The molecule has 0 bridgehead atoms. The van der Waals surface area contributed by atoms with Crippen molar-refractivity contribution in [3.63, 3.8) is 0 Å². The monoisotopic (exact) mass is 510 g/mol. The van der Waals surface area contributed by atoms with Crippen molar-refractivity contribution in [2.24, 2.45) is 5.92 Å². The SMILES string of the molecule is Cc1ccc(C(=O)NC(C(=O)N2CCCCC2C)C2CCN(C(=S)Nc3ccc(F)cc3)CC2)cc1. The van der Waals surface area contributed by atoms with Crippen LogP contribution in [-0.4, -0.2) is 58.4 Å². The summed E-state index contributed by atoms with van der Waals surface area (Å²) in [6, 6.07) is 13.1. The van der Waals surface area contributed by atoms with Crippen molar-refractivity contribution < 1.29 is 14.0 Å². The van der Waals surface area contributed by atoms with Gasteiger partial charge < -0.3 is 20.4 Å². The van der Waals surface area contributed by atoms with E-state index < -0.39 is 6.04 Å². The van der Waals surface area contributed by atoms with Crippen LogP contribution in [0, 0.1) is 18.7 Å². The zero-order chi connectivity index (χ0) is 25.7. The summed E-state index contributed by atoms with van der Waals surface area (Å²) in [4.78, 5) is 30.9. The van der Waals surface area contributed by atoms with Crippen LogP contribution in [0.1, 0.15) is 54.9 Å². The van der Waals surface area contributed by atoms with Gasteiger partial charge in [-0.15, -0.1) is 0 Å². The van der Waals surface area contributed by atoms with E-state index in [0.717, 1.165) is 49.9 Å². The molecule has 36 heavy (non-hydrogen) atoms. The lowest BCUT2D eigenvalue weighted by atomic mass is 9.87.